The minimum Gasteiger partial charge on any atom is -0.462 e. The number of ether oxygens (including phenoxy) is 3. The van der Waals surface area contributed by atoms with Crippen LogP contribution in [0.3, 0.4) is 0 Å². The number of carbonyl (C=O) groups is 3. The molecule has 0 fully saturated rings. The van der Waals surface area contributed by atoms with E-state index < -0.39 is 6.10 Å². The molecule has 0 aromatic rings. The molecule has 0 radical (unpaired) electrons. The van der Waals surface area contributed by atoms with E-state index in [0.29, 0.717) is 19.3 Å². The minimum atomic E-state index is -0.815. The first kappa shape index (κ1) is 76.1. The predicted octanol–water partition coefficient (Wildman–Crippen LogP) is 23.4. The van der Waals surface area contributed by atoms with E-state index >= 15 is 0 Å². The molecule has 0 aromatic heterocycles. The van der Waals surface area contributed by atoms with Crippen LogP contribution in [0.4, 0.5) is 0 Å². The predicted molar refractivity (Wildman–Crippen MR) is 348 cm³/mol. The first-order valence-electron chi connectivity index (χ1n) is 33.9. The van der Waals surface area contributed by atoms with Crippen molar-refractivity contribution in [1.82, 2.24) is 0 Å². The van der Waals surface area contributed by atoms with Crippen molar-refractivity contribution in [2.75, 3.05) is 13.2 Å². The lowest BCUT2D eigenvalue weighted by Crippen LogP contribution is -2.30. The monoisotopic (exact) mass is 1110 g/mol. The van der Waals surface area contributed by atoms with E-state index in [-0.39, 0.29) is 37.5 Å². The van der Waals surface area contributed by atoms with Gasteiger partial charge in [0.25, 0.3) is 0 Å². The van der Waals surface area contributed by atoms with Crippen molar-refractivity contribution in [2.24, 2.45) is 0 Å². The first-order valence-corrected chi connectivity index (χ1v) is 33.9. The quantitative estimate of drug-likeness (QED) is 0.0261. The van der Waals surface area contributed by atoms with Crippen molar-refractivity contribution in [3.05, 3.63) is 109 Å². The van der Waals surface area contributed by atoms with Gasteiger partial charge in [-0.05, 0) is 116 Å². The molecule has 0 heterocycles. The standard InChI is InChI=1S/C74H126O6/c1-4-7-10-13-16-19-22-25-28-30-31-32-33-34-35-36-37-38-39-40-41-42-43-45-46-49-52-55-58-61-64-67-73(76)79-70-71(69-78-72(75)66-63-60-57-54-51-48-27-24-21-18-15-12-9-6-3)80-74(77)68-65-62-59-56-53-50-47-44-29-26-23-20-17-14-11-8-5-2/h8,11,15,17-18,20,22,24-27,29-31,47,50,56,59,71H,4-7,9-10,12-14,16,19,21,23,28,32-46,48-49,51-55,57-58,60-70H2,1-3H3/b11-8-,18-15-,20-17-,25-22-,27-24-,29-26-,31-30-,50-47-,59-56-. The summed E-state index contributed by atoms with van der Waals surface area (Å²) in [6.45, 7) is 6.44. The molecule has 0 aromatic carbocycles. The van der Waals surface area contributed by atoms with Crippen molar-refractivity contribution in [1.29, 1.82) is 0 Å². The average molecular weight is 1110 g/mol. The van der Waals surface area contributed by atoms with Crippen LogP contribution >= 0.6 is 0 Å². The van der Waals surface area contributed by atoms with Gasteiger partial charge in [0, 0.05) is 19.3 Å². The van der Waals surface area contributed by atoms with Crippen molar-refractivity contribution in [2.45, 2.75) is 329 Å². The smallest absolute Gasteiger partial charge is 0.306 e. The third-order valence-corrected chi connectivity index (χ3v) is 14.5. The molecule has 0 amide bonds. The molecule has 0 spiro atoms. The molecule has 0 N–H and O–H groups in total. The van der Waals surface area contributed by atoms with E-state index in [0.717, 1.165) is 109 Å². The van der Waals surface area contributed by atoms with Crippen LogP contribution in [0.25, 0.3) is 0 Å². The lowest BCUT2D eigenvalue weighted by molar-refractivity contribution is -0.167. The first-order chi connectivity index (χ1) is 39.5. The maximum absolute atomic E-state index is 12.9. The zero-order valence-corrected chi connectivity index (χ0v) is 52.6. The van der Waals surface area contributed by atoms with Crippen molar-refractivity contribution in [3.8, 4) is 0 Å². The highest BCUT2D eigenvalue weighted by molar-refractivity contribution is 5.71. The van der Waals surface area contributed by atoms with E-state index in [1.54, 1.807) is 0 Å². The van der Waals surface area contributed by atoms with Crippen molar-refractivity contribution < 1.29 is 28.6 Å². The zero-order chi connectivity index (χ0) is 57.8. The molecule has 0 saturated heterocycles. The summed E-state index contributed by atoms with van der Waals surface area (Å²) in [7, 11) is 0. The number of unbranched alkanes of at least 4 members (excludes halogenated alkanes) is 32. The zero-order valence-electron chi connectivity index (χ0n) is 52.6. The highest BCUT2D eigenvalue weighted by atomic mass is 16.6. The maximum atomic E-state index is 12.9. The number of carbonyl (C=O) groups excluding carboxylic acids is 3. The summed E-state index contributed by atoms with van der Waals surface area (Å²) in [4.78, 5) is 38.3. The summed E-state index contributed by atoms with van der Waals surface area (Å²) in [6, 6.07) is 0. The summed E-state index contributed by atoms with van der Waals surface area (Å²) in [5.74, 6) is -0.969. The van der Waals surface area contributed by atoms with Crippen LogP contribution in [0.15, 0.2) is 109 Å². The van der Waals surface area contributed by atoms with E-state index in [1.807, 2.05) is 0 Å². The molecule has 0 aliphatic rings. The van der Waals surface area contributed by atoms with E-state index in [4.69, 9.17) is 14.2 Å². The van der Waals surface area contributed by atoms with Gasteiger partial charge in [-0.1, -0.05) is 297 Å². The molecule has 0 rings (SSSR count). The summed E-state index contributed by atoms with van der Waals surface area (Å²) in [6.07, 6.45) is 92.7. The Labute approximate surface area is 495 Å². The lowest BCUT2D eigenvalue weighted by Gasteiger charge is -2.18. The Bertz CT molecular complexity index is 1610. The lowest BCUT2D eigenvalue weighted by atomic mass is 10.0. The third-order valence-electron chi connectivity index (χ3n) is 14.5. The second kappa shape index (κ2) is 67.6. The molecule has 80 heavy (non-hydrogen) atoms. The van der Waals surface area contributed by atoms with Crippen LogP contribution in [-0.2, 0) is 28.6 Å². The number of esters is 3. The molecule has 0 aliphatic heterocycles. The molecule has 0 saturated carbocycles. The number of rotatable bonds is 61. The molecule has 0 aliphatic carbocycles. The fourth-order valence-corrected chi connectivity index (χ4v) is 9.41. The Morgan fingerprint density at radius 1 is 0.263 bits per heavy atom. The number of allylic oxidation sites excluding steroid dienone is 18. The van der Waals surface area contributed by atoms with Gasteiger partial charge in [0.1, 0.15) is 13.2 Å². The van der Waals surface area contributed by atoms with Crippen molar-refractivity contribution in [3.63, 3.8) is 0 Å². The maximum Gasteiger partial charge on any atom is 0.306 e. The fraction of sp³-hybridized carbons (Fsp3) is 0.716. The van der Waals surface area contributed by atoms with Gasteiger partial charge in [-0.2, -0.15) is 0 Å². The number of hydrogen-bond acceptors (Lipinski definition) is 6. The highest BCUT2D eigenvalue weighted by Gasteiger charge is 2.19. The van der Waals surface area contributed by atoms with Gasteiger partial charge in [0.05, 0.1) is 0 Å². The molecule has 1 atom stereocenters. The Kier molecular flexibility index (Phi) is 64.3. The largest absolute Gasteiger partial charge is 0.462 e. The summed E-state index contributed by atoms with van der Waals surface area (Å²) >= 11 is 0. The summed E-state index contributed by atoms with van der Waals surface area (Å²) in [5.41, 5.74) is 0. The van der Waals surface area contributed by atoms with Gasteiger partial charge in [0.15, 0.2) is 6.10 Å². The summed E-state index contributed by atoms with van der Waals surface area (Å²) in [5, 5.41) is 0. The van der Waals surface area contributed by atoms with Gasteiger partial charge in [-0.15, -0.1) is 0 Å². The van der Waals surface area contributed by atoms with Crippen LogP contribution in [0.2, 0.25) is 0 Å². The normalized spacial score (nSPS) is 12.8. The van der Waals surface area contributed by atoms with Gasteiger partial charge in [-0.3, -0.25) is 14.4 Å². The molecule has 458 valence electrons. The molecule has 6 heteroatoms. The van der Waals surface area contributed by atoms with Crippen LogP contribution in [-0.4, -0.2) is 37.2 Å². The Balaban J connectivity index is 4.26. The number of hydrogen-bond donors (Lipinski definition) is 0. The Morgan fingerprint density at radius 3 is 0.838 bits per heavy atom. The van der Waals surface area contributed by atoms with Crippen LogP contribution in [0.1, 0.15) is 323 Å². The fourth-order valence-electron chi connectivity index (χ4n) is 9.41. The second-order valence-electron chi connectivity index (χ2n) is 22.3. The molecule has 6 nitrogen and oxygen atoms in total. The van der Waals surface area contributed by atoms with Gasteiger partial charge >= 0.3 is 17.9 Å². The average Bonchev–Trinajstić information content (AvgIpc) is 3.46. The minimum absolute atomic E-state index is 0.104. The molecule has 1 unspecified atom stereocenters. The third kappa shape index (κ3) is 64.9. The van der Waals surface area contributed by atoms with Crippen LogP contribution in [0.5, 0.6) is 0 Å². The van der Waals surface area contributed by atoms with Crippen LogP contribution < -0.4 is 0 Å². The van der Waals surface area contributed by atoms with Gasteiger partial charge in [-0.25, -0.2) is 0 Å². The van der Waals surface area contributed by atoms with Gasteiger partial charge in [0.2, 0.25) is 0 Å². The van der Waals surface area contributed by atoms with Gasteiger partial charge < -0.3 is 14.2 Å². The Hall–Kier alpha value is -3.93. The second-order valence-corrected chi connectivity index (χ2v) is 22.3. The van der Waals surface area contributed by atoms with Crippen molar-refractivity contribution >= 4 is 17.9 Å². The SMILES string of the molecule is CC/C=C\C/C=C\C/C=C\C/C=C\C/C=C\CCCC(=O)OC(COC(=O)CCCCCCC/C=C\C/C=C\CCCC)COC(=O)CCCCCCCCCCCCCCCCCCCCC/C=C\C/C=C\CCCCCCC. The van der Waals surface area contributed by atoms with Crippen LogP contribution in [0, 0.1) is 0 Å². The topological polar surface area (TPSA) is 78.9 Å². The molecule has 0 bridgehead atoms. The van der Waals surface area contributed by atoms with E-state index in [2.05, 4.69) is 130 Å². The van der Waals surface area contributed by atoms with E-state index in [1.165, 1.54) is 167 Å². The molecular weight excluding hydrogens is 985 g/mol. The highest BCUT2D eigenvalue weighted by Crippen LogP contribution is 2.17. The van der Waals surface area contributed by atoms with E-state index in [9.17, 15) is 14.4 Å². The summed E-state index contributed by atoms with van der Waals surface area (Å²) < 4.78 is 16.9. The Morgan fingerprint density at radius 2 is 0.512 bits per heavy atom. The molecular formula is C74H126O6.